The van der Waals surface area contributed by atoms with Gasteiger partial charge in [0.1, 0.15) is 6.61 Å². The van der Waals surface area contributed by atoms with Crippen molar-refractivity contribution in [2.45, 2.75) is 44.4 Å². The smallest absolute Gasteiger partial charge is 0.408 e. The quantitative estimate of drug-likeness (QED) is 0.872. The maximum Gasteiger partial charge on any atom is 0.408 e. The van der Waals surface area contributed by atoms with Crippen LogP contribution < -0.4 is 5.32 Å². The van der Waals surface area contributed by atoms with Crippen molar-refractivity contribution >= 4 is 12.1 Å². The van der Waals surface area contributed by atoms with Crippen LogP contribution in [-0.2, 0) is 20.9 Å². The summed E-state index contributed by atoms with van der Waals surface area (Å²) in [5.41, 5.74) is -0.865. The van der Waals surface area contributed by atoms with Crippen LogP contribution in [0.5, 0.6) is 0 Å². The zero-order chi connectivity index (χ0) is 16.2. The molecule has 0 radical (unpaired) electrons. The van der Waals surface area contributed by atoms with E-state index >= 15 is 0 Å². The number of nitrogens with one attached hydrogen (secondary N) is 1. The molecule has 1 aromatic rings. The number of hydrogen-bond acceptors (Lipinski definition) is 4. The molecule has 1 fully saturated rings. The van der Waals surface area contributed by atoms with Crippen LogP contribution in [0.2, 0.25) is 0 Å². The first-order valence-corrected chi connectivity index (χ1v) is 7.19. The van der Waals surface area contributed by atoms with Gasteiger partial charge in [-0.25, -0.2) is 4.79 Å². The Kier molecular flexibility index (Phi) is 4.71. The number of benzene rings is 1. The fourth-order valence-electron chi connectivity index (χ4n) is 2.69. The second-order valence-corrected chi connectivity index (χ2v) is 5.95. The standard InChI is InChI=1S/C16H21NO5/c1-15(2)16(8-9-22-15,10-13(18)19)17-14(20)21-11-12-6-4-3-5-7-12/h3-7H,8-11H2,1-2H3,(H,17,20)(H,18,19). The van der Waals surface area contributed by atoms with Crippen LogP contribution in [0.15, 0.2) is 30.3 Å². The third-order valence-corrected chi connectivity index (χ3v) is 4.15. The van der Waals surface area contributed by atoms with E-state index in [1.807, 2.05) is 30.3 Å². The maximum atomic E-state index is 12.1. The van der Waals surface area contributed by atoms with Crippen LogP contribution in [-0.4, -0.2) is 34.9 Å². The van der Waals surface area contributed by atoms with Crippen molar-refractivity contribution in [3.63, 3.8) is 0 Å². The van der Waals surface area contributed by atoms with Gasteiger partial charge in [0, 0.05) is 6.61 Å². The first-order valence-electron chi connectivity index (χ1n) is 7.19. The number of hydrogen-bond donors (Lipinski definition) is 2. The maximum absolute atomic E-state index is 12.1. The molecule has 0 aromatic heterocycles. The molecule has 1 aromatic carbocycles. The molecule has 22 heavy (non-hydrogen) atoms. The number of alkyl carbamates (subject to hydrolysis) is 1. The van der Waals surface area contributed by atoms with Crippen molar-refractivity contribution < 1.29 is 24.2 Å². The molecular weight excluding hydrogens is 286 g/mol. The van der Waals surface area contributed by atoms with E-state index in [-0.39, 0.29) is 13.0 Å². The number of carboxylic acid groups (broad SMARTS) is 1. The summed E-state index contributed by atoms with van der Waals surface area (Å²) >= 11 is 0. The molecule has 2 N–H and O–H groups in total. The summed E-state index contributed by atoms with van der Waals surface area (Å²) in [5.74, 6) is -0.984. The van der Waals surface area contributed by atoms with Crippen molar-refractivity contribution in [2.24, 2.45) is 0 Å². The number of amides is 1. The number of ether oxygens (including phenoxy) is 2. The van der Waals surface area contributed by atoms with E-state index in [0.29, 0.717) is 13.0 Å². The highest BCUT2D eigenvalue weighted by molar-refractivity contribution is 5.73. The molecule has 1 saturated heterocycles. The molecule has 6 heteroatoms. The van der Waals surface area contributed by atoms with Gasteiger partial charge < -0.3 is 19.9 Å². The summed E-state index contributed by atoms with van der Waals surface area (Å²) in [6, 6.07) is 9.29. The van der Waals surface area contributed by atoms with Crippen molar-refractivity contribution in [1.82, 2.24) is 5.32 Å². The van der Waals surface area contributed by atoms with Crippen LogP contribution in [0.25, 0.3) is 0 Å². The van der Waals surface area contributed by atoms with Gasteiger partial charge in [-0.15, -0.1) is 0 Å². The minimum atomic E-state index is -0.984. The Labute approximate surface area is 129 Å². The SMILES string of the molecule is CC1(C)OCCC1(CC(=O)O)NC(=O)OCc1ccccc1. The first kappa shape index (κ1) is 16.3. The van der Waals surface area contributed by atoms with Crippen LogP contribution in [0.3, 0.4) is 0 Å². The molecule has 1 amide bonds. The van der Waals surface area contributed by atoms with E-state index in [0.717, 1.165) is 5.56 Å². The molecule has 0 saturated carbocycles. The van der Waals surface area contributed by atoms with Gasteiger partial charge in [0.25, 0.3) is 0 Å². The third kappa shape index (κ3) is 3.57. The molecule has 0 bridgehead atoms. The summed E-state index contributed by atoms with van der Waals surface area (Å²) in [5, 5.41) is 11.9. The lowest BCUT2D eigenvalue weighted by molar-refractivity contribution is -0.140. The van der Waals surface area contributed by atoms with Crippen molar-refractivity contribution in [2.75, 3.05) is 6.61 Å². The predicted octanol–water partition coefficient (Wildman–Crippen LogP) is 2.33. The van der Waals surface area contributed by atoms with Gasteiger partial charge in [-0.1, -0.05) is 30.3 Å². The van der Waals surface area contributed by atoms with E-state index in [4.69, 9.17) is 14.6 Å². The predicted molar refractivity (Wildman–Crippen MR) is 79.4 cm³/mol. The molecule has 0 spiro atoms. The minimum absolute atomic E-state index is 0.136. The molecular formula is C16H21NO5. The van der Waals surface area contributed by atoms with Gasteiger partial charge in [-0.2, -0.15) is 0 Å². The van der Waals surface area contributed by atoms with Gasteiger partial charge in [0.05, 0.1) is 17.6 Å². The average molecular weight is 307 g/mol. The second kappa shape index (κ2) is 6.36. The monoisotopic (exact) mass is 307 g/mol. The van der Waals surface area contributed by atoms with Gasteiger partial charge >= 0.3 is 12.1 Å². The van der Waals surface area contributed by atoms with Gasteiger partial charge in [-0.05, 0) is 25.8 Å². The first-order chi connectivity index (χ1) is 10.3. The van der Waals surface area contributed by atoms with Gasteiger partial charge in [-0.3, -0.25) is 4.79 Å². The lowest BCUT2D eigenvalue weighted by Gasteiger charge is -2.39. The van der Waals surface area contributed by atoms with Crippen LogP contribution in [0.4, 0.5) is 4.79 Å². The van der Waals surface area contributed by atoms with E-state index in [1.54, 1.807) is 13.8 Å². The van der Waals surface area contributed by atoms with Gasteiger partial charge in [0.2, 0.25) is 0 Å². The highest BCUT2D eigenvalue weighted by Gasteiger charge is 2.53. The molecule has 1 heterocycles. The Bertz CT molecular complexity index is 543. The number of carboxylic acids is 1. The molecule has 120 valence electrons. The van der Waals surface area contributed by atoms with Crippen molar-refractivity contribution in [3.05, 3.63) is 35.9 Å². The third-order valence-electron chi connectivity index (χ3n) is 4.15. The number of aliphatic carboxylic acids is 1. The lowest BCUT2D eigenvalue weighted by Crippen LogP contribution is -2.60. The van der Waals surface area contributed by atoms with Crippen molar-refractivity contribution in [3.8, 4) is 0 Å². The zero-order valence-electron chi connectivity index (χ0n) is 12.8. The lowest BCUT2D eigenvalue weighted by atomic mass is 9.79. The molecule has 1 atom stereocenters. The summed E-state index contributed by atoms with van der Waals surface area (Å²) < 4.78 is 10.8. The van der Waals surface area contributed by atoms with Crippen LogP contribution in [0, 0.1) is 0 Å². The molecule has 1 aliphatic heterocycles. The minimum Gasteiger partial charge on any atom is -0.481 e. The summed E-state index contributed by atoms with van der Waals surface area (Å²) in [7, 11) is 0. The molecule has 1 unspecified atom stereocenters. The van der Waals surface area contributed by atoms with Crippen LogP contribution >= 0.6 is 0 Å². The Balaban J connectivity index is 2.01. The molecule has 0 aliphatic carbocycles. The summed E-state index contributed by atoms with van der Waals surface area (Å²) in [6.45, 7) is 4.09. The van der Waals surface area contributed by atoms with E-state index in [9.17, 15) is 9.59 Å². The number of carbonyl (C=O) groups is 2. The Hall–Kier alpha value is -2.08. The van der Waals surface area contributed by atoms with Crippen LogP contribution in [0.1, 0.15) is 32.3 Å². The Morgan fingerprint density at radius 3 is 2.55 bits per heavy atom. The fraction of sp³-hybridized carbons (Fsp3) is 0.500. The number of rotatable bonds is 5. The normalized spacial score (nSPS) is 23.0. The van der Waals surface area contributed by atoms with Crippen molar-refractivity contribution in [1.29, 1.82) is 0 Å². The Morgan fingerprint density at radius 1 is 1.32 bits per heavy atom. The highest BCUT2D eigenvalue weighted by atomic mass is 16.6. The topological polar surface area (TPSA) is 84.9 Å². The molecule has 2 rings (SSSR count). The van der Waals surface area contributed by atoms with E-state index in [1.165, 1.54) is 0 Å². The summed E-state index contributed by atoms with van der Waals surface area (Å²) in [6.07, 6.45) is -0.406. The average Bonchev–Trinajstić information content (AvgIpc) is 2.72. The molecule has 6 nitrogen and oxygen atoms in total. The second-order valence-electron chi connectivity index (χ2n) is 5.95. The largest absolute Gasteiger partial charge is 0.481 e. The highest BCUT2D eigenvalue weighted by Crippen LogP contribution is 2.38. The van der Waals surface area contributed by atoms with E-state index < -0.39 is 23.2 Å². The summed E-state index contributed by atoms with van der Waals surface area (Å²) in [4.78, 5) is 23.2. The fourth-order valence-corrected chi connectivity index (χ4v) is 2.69. The molecule has 1 aliphatic rings. The zero-order valence-corrected chi connectivity index (χ0v) is 12.8. The van der Waals surface area contributed by atoms with E-state index in [2.05, 4.69) is 5.32 Å². The Morgan fingerprint density at radius 2 is 2.00 bits per heavy atom. The van der Waals surface area contributed by atoms with Gasteiger partial charge in [0.15, 0.2) is 0 Å². The number of carbonyl (C=O) groups excluding carboxylic acids is 1.